The molecule has 0 radical (unpaired) electrons. The van der Waals surface area contributed by atoms with Gasteiger partial charge in [0.2, 0.25) is 0 Å². The van der Waals surface area contributed by atoms with Crippen LogP contribution in [0.5, 0.6) is 0 Å². The van der Waals surface area contributed by atoms with Crippen LogP contribution in [0.15, 0.2) is 42.5 Å². The second-order valence-electron chi connectivity index (χ2n) is 4.69. The van der Waals surface area contributed by atoms with Crippen LogP contribution in [0.3, 0.4) is 0 Å². The Hall–Kier alpha value is -2.60. The molecule has 116 valence electrons. The minimum absolute atomic E-state index is 0.00179. The summed E-state index contributed by atoms with van der Waals surface area (Å²) in [6, 6.07) is 8.55. The van der Waals surface area contributed by atoms with Crippen molar-refractivity contribution in [3.63, 3.8) is 0 Å². The van der Waals surface area contributed by atoms with Crippen molar-refractivity contribution in [1.29, 1.82) is 0 Å². The molecular weight excluding hydrogens is 329 g/mol. The predicted molar refractivity (Wildman–Crippen MR) is 79.3 cm³/mol. The fraction of sp³-hybridized carbons (Fsp3) is 0. The van der Waals surface area contributed by atoms with Gasteiger partial charge in [0, 0.05) is 5.56 Å². The fourth-order valence-electron chi connectivity index (χ4n) is 2.15. The molecule has 0 N–H and O–H groups in total. The Balaban J connectivity index is 2.20. The van der Waals surface area contributed by atoms with Gasteiger partial charge in [-0.05, 0) is 36.4 Å². The van der Waals surface area contributed by atoms with Gasteiger partial charge in [-0.15, -0.1) is 0 Å². The van der Waals surface area contributed by atoms with Gasteiger partial charge >= 0.3 is 0 Å². The molecule has 0 fully saturated rings. The molecule has 7 heteroatoms. The zero-order valence-electron chi connectivity index (χ0n) is 11.4. The van der Waals surface area contributed by atoms with Crippen LogP contribution >= 0.6 is 11.6 Å². The highest BCUT2D eigenvalue weighted by atomic mass is 35.5. The molecule has 2 aromatic carbocycles. The molecule has 0 atom stereocenters. The lowest BCUT2D eigenvalue weighted by molar-refractivity contribution is 0.112. The summed E-state index contributed by atoms with van der Waals surface area (Å²) in [5.74, 6) is -2.59. The van der Waals surface area contributed by atoms with Crippen LogP contribution in [-0.2, 0) is 0 Å². The van der Waals surface area contributed by atoms with Gasteiger partial charge in [-0.25, -0.2) is 17.9 Å². The zero-order valence-corrected chi connectivity index (χ0v) is 12.2. The lowest BCUT2D eigenvalue weighted by Crippen LogP contribution is -1.97. The third-order valence-corrected chi connectivity index (χ3v) is 3.59. The molecule has 0 amide bonds. The Morgan fingerprint density at radius 1 is 1.04 bits per heavy atom. The molecule has 23 heavy (non-hydrogen) atoms. The van der Waals surface area contributed by atoms with Crippen molar-refractivity contribution in [3.05, 3.63) is 70.6 Å². The highest BCUT2D eigenvalue weighted by Gasteiger charge is 2.19. The van der Waals surface area contributed by atoms with Gasteiger partial charge in [0.1, 0.15) is 16.7 Å². The van der Waals surface area contributed by atoms with Gasteiger partial charge in [0.25, 0.3) is 0 Å². The predicted octanol–water partition coefficient (Wildman–Crippen LogP) is 4.42. The molecule has 0 saturated heterocycles. The maximum absolute atomic E-state index is 13.4. The molecular formula is C16H8ClF3N2O. The first kappa shape index (κ1) is 15.3. The summed E-state index contributed by atoms with van der Waals surface area (Å²) in [4.78, 5) is 11.3. The Bertz CT molecular complexity index is 908. The van der Waals surface area contributed by atoms with Gasteiger partial charge in [0.05, 0.1) is 11.3 Å². The summed E-state index contributed by atoms with van der Waals surface area (Å²) < 4.78 is 41.0. The van der Waals surface area contributed by atoms with Crippen LogP contribution in [0.2, 0.25) is 5.15 Å². The van der Waals surface area contributed by atoms with Crippen molar-refractivity contribution in [2.45, 2.75) is 0 Å². The minimum Gasteiger partial charge on any atom is -0.298 e. The van der Waals surface area contributed by atoms with E-state index in [0.29, 0.717) is 12.0 Å². The molecule has 0 aliphatic heterocycles. The number of hydrogen-bond acceptors (Lipinski definition) is 2. The van der Waals surface area contributed by atoms with Crippen LogP contribution in [-0.4, -0.2) is 16.1 Å². The maximum Gasteiger partial charge on any atom is 0.159 e. The van der Waals surface area contributed by atoms with E-state index in [1.165, 1.54) is 24.3 Å². The molecule has 0 aliphatic rings. The summed E-state index contributed by atoms with van der Waals surface area (Å²) in [5, 5.41) is 4.08. The first-order chi connectivity index (χ1) is 11.0. The van der Waals surface area contributed by atoms with Crippen LogP contribution < -0.4 is 0 Å². The molecule has 0 bridgehead atoms. The van der Waals surface area contributed by atoms with E-state index < -0.39 is 17.5 Å². The summed E-state index contributed by atoms with van der Waals surface area (Å²) in [6.07, 6.45) is 0.460. The zero-order chi connectivity index (χ0) is 16.6. The first-order valence-electron chi connectivity index (χ1n) is 6.46. The average Bonchev–Trinajstić information content (AvgIpc) is 2.86. The Morgan fingerprint density at radius 3 is 2.48 bits per heavy atom. The smallest absolute Gasteiger partial charge is 0.159 e. The first-order valence-corrected chi connectivity index (χ1v) is 6.84. The molecule has 1 aromatic heterocycles. The molecule has 0 spiro atoms. The fourth-order valence-corrected chi connectivity index (χ4v) is 2.42. The van der Waals surface area contributed by atoms with E-state index in [9.17, 15) is 18.0 Å². The quantitative estimate of drug-likeness (QED) is 0.663. The molecule has 0 saturated carbocycles. The maximum atomic E-state index is 13.4. The van der Waals surface area contributed by atoms with Gasteiger partial charge in [0.15, 0.2) is 17.9 Å². The third-order valence-electron chi connectivity index (χ3n) is 3.23. The normalized spacial score (nSPS) is 10.8. The van der Waals surface area contributed by atoms with E-state index in [1.54, 1.807) is 6.07 Å². The molecule has 3 aromatic rings. The van der Waals surface area contributed by atoms with Crippen LogP contribution in [0.1, 0.15) is 10.4 Å². The Labute approximate surface area is 133 Å². The van der Waals surface area contributed by atoms with E-state index in [-0.39, 0.29) is 22.0 Å². The minimum atomic E-state index is -1.07. The number of nitrogens with zero attached hydrogens (tertiary/aromatic N) is 2. The van der Waals surface area contributed by atoms with Crippen LogP contribution in [0.25, 0.3) is 16.9 Å². The van der Waals surface area contributed by atoms with E-state index in [4.69, 9.17) is 11.6 Å². The van der Waals surface area contributed by atoms with Gasteiger partial charge in [-0.1, -0.05) is 17.7 Å². The van der Waals surface area contributed by atoms with Gasteiger partial charge in [-0.3, -0.25) is 4.79 Å². The molecule has 1 heterocycles. The van der Waals surface area contributed by atoms with E-state index >= 15 is 0 Å². The third kappa shape index (κ3) is 2.73. The number of benzene rings is 2. The molecule has 0 aliphatic carbocycles. The van der Waals surface area contributed by atoms with Gasteiger partial charge < -0.3 is 0 Å². The lowest BCUT2D eigenvalue weighted by atomic mass is 10.1. The molecule has 0 unspecified atom stereocenters. The van der Waals surface area contributed by atoms with Crippen molar-refractivity contribution in [1.82, 2.24) is 9.78 Å². The van der Waals surface area contributed by atoms with E-state index in [1.807, 2.05) is 0 Å². The Morgan fingerprint density at radius 2 is 1.83 bits per heavy atom. The SMILES string of the molecule is O=Cc1c(-c2ccc(F)c(F)c2)nn(-c2cccc(F)c2)c1Cl. The van der Waals surface area contributed by atoms with Crippen molar-refractivity contribution >= 4 is 17.9 Å². The number of carbonyl (C=O) groups excluding carboxylic acids is 1. The highest BCUT2D eigenvalue weighted by Crippen LogP contribution is 2.30. The second-order valence-corrected chi connectivity index (χ2v) is 5.05. The number of aldehydes is 1. The van der Waals surface area contributed by atoms with Crippen molar-refractivity contribution in [2.24, 2.45) is 0 Å². The highest BCUT2D eigenvalue weighted by molar-refractivity contribution is 6.32. The van der Waals surface area contributed by atoms with Crippen molar-refractivity contribution in [2.75, 3.05) is 0 Å². The largest absolute Gasteiger partial charge is 0.298 e. The second kappa shape index (κ2) is 5.89. The molecule has 3 nitrogen and oxygen atoms in total. The average molecular weight is 337 g/mol. The summed E-state index contributed by atoms with van der Waals surface area (Å²) in [5.41, 5.74) is 0.560. The monoisotopic (exact) mass is 336 g/mol. The summed E-state index contributed by atoms with van der Waals surface area (Å²) in [7, 11) is 0. The van der Waals surface area contributed by atoms with Crippen molar-refractivity contribution < 1.29 is 18.0 Å². The lowest BCUT2D eigenvalue weighted by Gasteiger charge is -2.02. The number of carbonyl (C=O) groups is 1. The van der Waals surface area contributed by atoms with Crippen LogP contribution in [0, 0.1) is 17.5 Å². The van der Waals surface area contributed by atoms with E-state index in [0.717, 1.165) is 16.8 Å². The van der Waals surface area contributed by atoms with Gasteiger partial charge in [-0.2, -0.15) is 5.10 Å². The van der Waals surface area contributed by atoms with E-state index in [2.05, 4.69) is 5.10 Å². The number of hydrogen-bond donors (Lipinski definition) is 0. The number of halogens is 4. The van der Waals surface area contributed by atoms with Crippen molar-refractivity contribution in [3.8, 4) is 16.9 Å². The van der Waals surface area contributed by atoms with Crippen LogP contribution in [0.4, 0.5) is 13.2 Å². The summed E-state index contributed by atoms with van der Waals surface area (Å²) >= 11 is 6.12. The molecule has 3 rings (SSSR count). The topological polar surface area (TPSA) is 34.9 Å². The summed E-state index contributed by atoms with van der Waals surface area (Å²) in [6.45, 7) is 0. The number of aromatic nitrogens is 2. The Kier molecular flexibility index (Phi) is 3.92. The standard InChI is InChI=1S/C16H8ClF3N2O/c17-16-12(8-23)15(9-4-5-13(19)14(20)6-9)21-22(16)11-3-1-2-10(18)7-11/h1-8H. The number of rotatable bonds is 3.